The summed E-state index contributed by atoms with van der Waals surface area (Å²) in [6.07, 6.45) is -0.521. The zero-order chi connectivity index (χ0) is 31.1. The molecule has 0 saturated carbocycles. The zero-order valence-electron chi connectivity index (χ0n) is 23.0. The number of carbonyl (C=O) groups excluding carboxylic acids is 3. The van der Waals surface area contributed by atoms with Crippen molar-refractivity contribution in [2.45, 2.75) is 43.8 Å². The molecular formula is C28H28N4O9S2. The molecule has 0 aromatic heterocycles. The number of aliphatic hydroxyl groups is 1. The summed E-state index contributed by atoms with van der Waals surface area (Å²) in [5.41, 5.74) is 1.26. The van der Waals surface area contributed by atoms with E-state index in [0.29, 0.717) is 35.4 Å². The first kappa shape index (κ1) is 30.5. The van der Waals surface area contributed by atoms with Crippen molar-refractivity contribution in [3.63, 3.8) is 0 Å². The molecule has 226 valence electrons. The molecule has 0 aliphatic carbocycles. The number of hydrogen-bond acceptors (Lipinski definition) is 10. The predicted molar refractivity (Wildman–Crippen MR) is 158 cm³/mol. The molecule has 0 unspecified atom stereocenters. The Hall–Kier alpha value is -3.95. The number of β-lactam (4-membered cyclic amide) rings is 1. The average Bonchev–Trinajstić information content (AvgIpc) is 3.58. The molecule has 2 aromatic carbocycles. The van der Waals surface area contributed by atoms with Gasteiger partial charge in [0.25, 0.3) is 11.4 Å². The minimum absolute atomic E-state index is 0.0717. The van der Waals surface area contributed by atoms with E-state index in [1.807, 2.05) is 0 Å². The largest absolute Gasteiger partial charge is 0.445 e. The molecule has 2 saturated heterocycles. The first-order chi connectivity index (χ1) is 20.5. The fourth-order valence-corrected chi connectivity index (χ4v) is 8.08. The second-order valence-electron chi connectivity index (χ2n) is 10.6. The minimum atomic E-state index is -1.03. The topological polar surface area (TPSA) is 173 Å². The Balaban J connectivity index is 1.35. The summed E-state index contributed by atoms with van der Waals surface area (Å²) in [6.45, 7) is 2.25. The van der Waals surface area contributed by atoms with E-state index in [1.165, 1.54) is 58.0 Å². The Morgan fingerprint density at radius 1 is 1.09 bits per heavy atom. The quantitative estimate of drug-likeness (QED) is 0.169. The maximum absolute atomic E-state index is 13.4. The Morgan fingerprint density at radius 3 is 2.21 bits per heavy atom. The van der Waals surface area contributed by atoms with Gasteiger partial charge in [0.15, 0.2) is 0 Å². The van der Waals surface area contributed by atoms with Crippen molar-refractivity contribution in [2.75, 3.05) is 13.1 Å². The number of likely N-dealkylation sites (tertiary alicyclic amines) is 1. The van der Waals surface area contributed by atoms with E-state index >= 15 is 0 Å². The van der Waals surface area contributed by atoms with Crippen LogP contribution in [0.4, 0.5) is 16.2 Å². The average molecular weight is 629 g/mol. The number of nitro groups is 2. The van der Waals surface area contributed by atoms with Gasteiger partial charge in [-0.15, -0.1) is 0 Å². The lowest BCUT2D eigenvalue weighted by atomic mass is 9.77. The number of amides is 2. The fraction of sp³-hybridized carbons (Fsp3) is 0.393. The lowest BCUT2D eigenvalue weighted by Crippen LogP contribution is -2.71. The summed E-state index contributed by atoms with van der Waals surface area (Å²) in [5.74, 6) is -1.51. The van der Waals surface area contributed by atoms with Crippen LogP contribution in [0.1, 0.15) is 30.9 Å². The maximum atomic E-state index is 13.4. The van der Waals surface area contributed by atoms with Crippen LogP contribution in [-0.4, -0.2) is 65.9 Å². The molecule has 2 fully saturated rings. The van der Waals surface area contributed by atoms with E-state index in [9.17, 15) is 39.7 Å². The van der Waals surface area contributed by atoms with E-state index in [0.717, 1.165) is 0 Å². The van der Waals surface area contributed by atoms with E-state index in [-0.39, 0.29) is 42.6 Å². The van der Waals surface area contributed by atoms with Crippen molar-refractivity contribution in [1.29, 1.82) is 0 Å². The van der Waals surface area contributed by atoms with E-state index in [1.54, 1.807) is 19.1 Å². The first-order valence-corrected chi connectivity index (χ1v) is 14.8. The van der Waals surface area contributed by atoms with E-state index in [4.69, 9.17) is 4.74 Å². The highest BCUT2D eigenvalue weighted by Crippen LogP contribution is 2.62. The minimum Gasteiger partial charge on any atom is -0.445 e. The molecule has 3 aliphatic heterocycles. The van der Waals surface area contributed by atoms with Crippen molar-refractivity contribution in [3.05, 3.63) is 90.5 Å². The number of nitrogens with zero attached hydrogens (tertiary/aromatic N) is 4. The van der Waals surface area contributed by atoms with E-state index < -0.39 is 43.9 Å². The van der Waals surface area contributed by atoms with Crippen LogP contribution < -0.4 is 0 Å². The van der Waals surface area contributed by atoms with Crippen molar-refractivity contribution in [2.24, 2.45) is 11.8 Å². The molecule has 1 N–H and O–H groups in total. The third-order valence-electron chi connectivity index (χ3n) is 8.03. The highest BCUT2D eigenvalue weighted by atomic mass is 32.2. The van der Waals surface area contributed by atoms with Gasteiger partial charge in [-0.3, -0.25) is 34.7 Å². The first-order valence-electron chi connectivity index (χ1n) is 13.5. The van der Waals surface area contributed by atoms with Gasteiger partial charge in [0.2, 0.25) is 11.0 Å². The number of ether oxygens (including phenoxy) is 1. The molecule has 2 aromatic rings. The number of non-ortho nitro benzene ring substituents is 2. The van der Waals surface area contributed by atoms with Crippen molar-refractivity contribution in [1.82, 2.24) is 9.80 Å². The fourth-order valence-electron chi connectivity index (χ4n) is 5.87. The molecule has 0 bridgehead atoms. The lowest BCUT2D eigenvalue weighted by molar-refractivity contribution is -0.385. The van der Waals surface area contributed by atoms with Crippen LogP contribution in [0.15, 0.2) is 59.1 Å². The number of benzene rings is 2. The van der Waals surface area contributed by atoms with Crippen LogP contribution in [0.5, 0.6) is 0 Å². The second kappa shape index (κ2) is 12.0. The van der Waals surface area contributed by atoms with Gasteiger partial charge in [0.05, 0.1) is 21.9 Å². The summed E-state index contributed by atoms with van der Waals surface area (Å²) in [7, 11) is 0. The number of carbonyl (C=O) groups is 3. The molecule has 43 heavy (non-hydrogen) atoms. The van der Waals surface area contributed by atoms with Crippen LogP contribution in [-0.2, 0) is 27.4 Å². The van der Waals surface area contributed by atoms with Gasteiger partial charge >= 0.3 is 6.09 Å². The van der Waals surface area contributed by atoms with E-state index in [2.05, 4.69) is 12.6 Å². The van der Waals surface area contributed by atoms with Crippen molar-refractivity contribution >= 4 is 52.9 Å². The number of thioether (sulfide) groups is 1. The molecule has 4 atom stereocenters. The summed E-state index contributed by atoms with van der Waals surface area (Å²) in [6, 6.07) is 11.6. The zero-order valence-corrected chi connectivity index (χ0v) is 24.7. The Kier molecular flexibility index (Phi) is 8.49. The van der Waals surface area contributed by atoms with Gasteiger partial charge in [-0.25, -0.2) is 4.79 Å². The highest BCUT2D eigenvalue weighted by Gasteiger charge is 2.68. The predicted octanol–water partition coefficient (Wildman–Crippen LogP) is 4.04. The van der Waals surface area contributed by atoms with Crippen LogP contribution in [0.25, 0.3) is 0 Å². The Bertz CT molecular complexity index is 1520. The summed E-state index contributed by atoms with van der Waals surface area (Å²) in [4.78, 5) is 62.6. The smallest absolute Gasteiger partial charge is 0.410 e. The number of aliphatic hydroxyl groups excluding tert-OH is 1. The second-order valence-corrected chi connectivity index (χ2v) is 12.4. The molecule has 3 aliphatic rings. The van der Waals surface area contributed by atoms with Gasteiger partial charge in [-0.05, 0) is 36.1 Å². The number of nitro benzene ring substituents is 2. The SMILES string of the molecule is CC[C@H](O)[C@@H]1C(=O)N2C(C(=O)S)=C([C@H]3CCN(C(=O)OCc4ccc([N+](=O)[O-])cc4)C3)S[C@]12Cc1ccc([N+](=O)[O-])cc1. The molecule has 0 spiro atoms. The molecule has 3 heterocycles. The lowest BCUT2D eigenvalue weighted by Gasteiger charge is -2.55. The molecule has 13 nitrogen and oxygen atoms in total. The number of rotatable bonds is 10. The van der Waals surface area contributed by atoms with Crippen LogP contribution in [0, 0.1) is 32.1 Å². The van der Waals surface area contributed by atoms with Gasteiger partial charge < -0.3 is 14.7 Å². The van der Waals surface area contributed by atoms with Gasteiger partial charge in [0, 0.05) is 54.6 Å². The third kappa shape index (κ3) is 5.59. The molecule has 0 radical (unpaired) electrons. The van der Waals surface area contributed by atoms with Crippen LogP contribution in [0.3, 0.4) is 0 Å². The molecule has 5 rings (SSSR count). The summed E-state index contributed by atoms with van der Waals surface area (Å²) >= 11 is 5.41. The standard InChI is InChI=1S/C28H28N4O9S2/c1-2-21(33)22-25(34)30-23(26(35)42)24(43-28(22,30)13-16-3-7-19(8-4-16)31(37)38)18-11-12-29(14-18)27(36)41-15-17-5-9-20(10-6-17)32(39)40/h3-10,18,21-22,33H,2,11-15H2,1H3,(H,35,42)/t18-,21-,22+,28+/m0/s1. The monoisotopic (exact) mass is 628 g/mol. The Labute approximate surface area is 255 Å². The highest BCUT2D eigenvalue weighted by molar-refractivity contribution is 8.05. The third-order valence-corrected chi connectivity index (χ3v) is 9.92. The molecular weight excluding hydrogens is 600 g/mol. The Morgan fingerprint density at radius 2 is 1.67 bits per heavy atom. The summed E-state index contributed by atoms with van der Waals surface area (Å²) in [5, 5.41) is 32.3. The number of thiol groups is 1. The van der Waals surface area contributed by atoms with Gasteiger partial charge in [-0.1, -0.05) is 43.4 Å². The van der Waals surface area contributed by atoms with Crippen molar-refractivity contribution in [3.8, 4) is 0 Å². The molecule has 2 amide bonds. The van der Waals surface area contributed by atoms with Crippen LogP contribution in [0.2, 0.25) is 0 Å². The normalized spacial score (nSPS) is 23.6. The van der Waals surface area contributed by atoms with Gasteiger partial charge in [-0.2, -0.15) is 0 Å². The number of fused-ring (bicyclic) bond motifs is 1. The molecule has 15 heteroatoms. The maximum Gasteiger partial charge on any atom is 0.410 e. The number of hydrogen-bond donors (Lipinski definition) is 2. The van der Waals surface area contributed by atoms with Gasteiger partial charge in [0.1, 0.15) is 17.2 Å². The summed E-state index contributed by atoms with van der Waals surface area (Å²) < 4.78 is 5.42. The van der Waals surface area contributed by atoms with Crippen LogP contribution >= 0.6 is 24.4 Å². The van der Waals surface area contributed by atoms with Crippen molar-refractivity contribution < 1.29 is 34.1 Å².